The van der Waals surface area contributed by atoms with E-state index in [1.807, 2.05) is 6.07 Å². The zero-order valence-electron chi connectivity index (χ0n) is 24.8. The van der Waals surface area contributed by atoms with Gasteiger partial charge in [0.25, 0.3) is 0 Å². The normalized spacial score (nSPS) is 18.9. The number of rotatable bonds is 1. The minimum absolute atomic E-state index is 0.360. The zero-order chi connectivity index (χ0) is 28.9. The van der Waals surface area contributed by atoms with Crippen LogP contribution < -0.4 is 0 Å². The number of nitrogens with one attached hydrogen (secondary N) is 1. The predicted molar refractivity (Wildman–Crippen MR) is 169 cm³/mol. The van der Waals surface area contributed by atoms with Crippen molar-refractivity contribution in [3.8, 4) is 16.8 Å². The van der Waals surface area contributed by atoms with Crippen LogP contribution in [0.1, 0.15) is 81.8 Å². The lowest BCUT2D eigenvalue weighted by atomic mass is 9.71. The van der Waals surface area contributed by atoms with Crippen molar-refractivity contribution < 1.29 is 0 Å². The Labute approximate surface area is 250 Å². The molecular formula is C33H38N6S2. The fourth-order valence-electron chi connectivity index (χ4n) is 6.22. The number of aromatic amines is 1. The third-order valence-corrected chi connectivity index (χ3v) is 11.0. The van der Waals surface area contributed by atoms with E-state index in [1.54, 1.807) is 17.7 Å². The minimum Gasteiger partial charge on any atom is -0.259 e. The van der Waals surface area contributed by atoms with Crippen LogP contribution in [0, 0.1) is 34.0 Å². The van der Waals surface area contributed by atoms with Crippen LogP contribution >= 0.6 is 22.7 Å². The van der Waals surface area contributed by atoms with Crippen molar-refractivity contribution >= 4 is 43.1 Å². The van der Waals surface area contributed by atoms with E-state index in [0.717, 1.165) is 68.1 Å². The van der Waals surface area contributed by atoms with Crippen molar-refractivity contribution in [3.63, 3.8) is 0 Å². The molecule has 0 saturated heterocycles. The molecule has 212 valence electrons. The molecule has 0 radical (unpaired) electrons. The lowest BCUT2D eigenvalue weighted by molar-refractivity contribution is 0.215. The third kappa shape index (κ3) is 5.80. The van der Waals surface area contributed by atoms with Gasteiger partial charge >= 0.3 is 0 Å². The molecule has 0 bridgehead atoms. The Bertz CT molecular complexity index is 1740. The highest BCUT2D eigenvalue weighted by molar-refractivity contribution is 7.21. The van der Waals surface area contributed by atoms with Crippen LogP contribution in [0.2, 0.25) is 0 Å². The fourth-order valence-corrected chi connectivity index (χ4v) is 8.03. The van der Waals surface area contributed by atoms with E-state index in [1.165, 1.54) is 52.1 Å². The molecule has 7 rings (SSSR count). The molecule has 41 heavy (non-hydrogen) atoms. The average Bonchev–Trinajstić information content (AvgIpc) is 3.68. The van der Waals surface area contributed by atoms with Crippen molar-refractivity contribution in [2.24, 2.45) is 22.7 Å². The third-order valence-electron chi connectivity index (χ3n) is 8.95. The maximum atomic E-state index is 8.99. The quantitative estimate of drug-likeness (QED) is 0.214. The highest BCUT2D eigenvalue weighted by Crippen LogP contribution is 2.40. The fraction of sp³-hybridized carbons (Fsp3) is 0.485. The maximum absolute atomic E-state index is 8.99. The number of aryl methyl sites for hydroxylation is 2. The average molecular weight is 583 g/mol. The first-order valence-electron chi connectivity index (χ1n) is 14.6. The molecule has 2 aliphatic carbocycles. The van der Waals surface area contributed by atoms with E-state index in [4.69, 9.17) is 15.2 Å². The van der Waals surface area contributed by atoms with E-state index < -0.39 is 0 Å². The van der Waals surface area contributed by atoms with Gasteiger partial charge in [-0.05, 0) is 96.6 Å². The molecule has 0 aromatic carbocycles. The molecule has 2 unspecified atom stereocenters. The molecule has 5 aromatic heterocycles. The summed E-state index contributed by atoms with van der Waals surface area (Å²) in [5, 5.41) is 18.2. The summed E-state index contributed by atoms with van der Waals surface area (Å²) in [6.45, 7) is 14.0. The number of nitrogens with zero attached hydrogens (tertiary/aromatic N) is 5. The van der Waals surface area contributed by atoms with Gasteiger partial charge in [-0.25, -0.2) is 15.0 Å². The molecule has 2 atom stereocenters. The van der Waals surface area contributed by atoms with E-state index in [-0.39, 0.29) is 0 Å². The molecule has 1 N–H and O–H groups in total. The Balaban J connectivity index is 0.000000149. The standard InChI is InChI=1S/C17H20N4S.C16H18N2S/c1-17(2,3)12-4-5-13-10(7-12)6-11-8-14(22-16(11)20-13)15-18-9-19-21-15;1-16(2,3)12-4-5-14-10(7-12)6-11-8-13(9-17)19-15(11)18-14/h6,8-9,12H,4-5,7H2,1-3H3,(H,18,19,21);6,8,12H,4-5,7H2,1-3H3. The summed E-state index contributed by atoms with van der Waals surface area (Å²) in [6, 6.07) is 11.0. The van der Waals surface area contributed by atoms with Gasteiger partial charge in [0, 0.05) is 22.2 Å². The van der Waals surface area contributed by atoms with Gasteiger partial charge in [0.1, 0.15) is 26.9 Å². The number of hydrogen-bond donors (Lipinski definition) is 1. The zero-order valence-corrected chi connectivity index (χ0v) is 26.5. The second-order valence-electron chi connectivity index (χ2n) is 13.8. The van der Waals surface area contributed by atoms with Crippen LogP contribution in [0.15, 0.2) is 30.6 Å². The number of fused-ring (bicyclic) bond motifs is 4. The Kier molecular flexibility index (Phi) is 7.24. The van der Waals surface area contributed by atoms with E-state index in [0.29, 0.717) is 10.8 Å². The highest BCUT2D eigenvalue weighted by atomic mass is 32.1. The molecule has 0 fully saturated rings. The van der Waals surface area contributed by atoms with Crippen molar-refractivity contribution in [1.29, 1.82) is 5.26 Å². The summed E-state index contributed by atoms with van der Waals surface area (Å²) in [4.78, 5) is 17.9. The molecule has 0 spiro atoms. The smallest absolute Gasteiger partial charge is 0.165 e. The van der Waals surface area contributed by atoms with Crippen LogP contribution in [0.3, 0.4) is 0 Å². The molecule has 5 aromatic rings. The SMILES string of the molecule is CC(C)(C)C1CCc2nc3sc(-c4ncn[nH]4)cc3cc2C1.CC(C)(C)C1CCc2nc3sc(C#N)cc3cc2C1. The topological polar surface area (TPSA) is 91.1 Å². The molecule has 8 heteroatoms. The molecule has 6 nitrogen and oxygen atoms in total. The van der Waals surface area contributed by atoms with Crippen LogP contribution in [0.5, 0.6) is 0 Å². The summed E-state index contributed by atoms with van der Waals surface area (Å²) in [5.41, 5.74) is 6.09. The van der Waals surface area contributed by atoms with Crippen LogP contribution in [0.25, 0.3) is 31.1 Å². The Morgan fingerprint density at radius 3 is 1.88 bits per heavy atom. The number of pyridine rings is 2. The van der Waals surface area contributed by atoms with Crippen LogP contribution in [-0.4, -0.2) is 25.1 Å². The van der Waals surface area contributed by atoms with Gasteiger partial charge in [-0.15, -0.1) is 22.7 Å². The van der Waals surface area contributed by atoms with Crippen LogP contribution in [0.4, 0.5) is 0 Å². The van der Waals surface area contributed by atoms with Crippen molar-refractivity contribution in [2.45, 2.75) is 80.1 Å². The monoisotopic (exact) mass is 582 g/mol. The molecule has 0 aliphatic heterocycles. The minimum atomic E-state index is 0.360. The van der Waals surface area contributed by atoms with E-state index in [2.05, 4.69) is 81.0 Å². The number of H-pyrrole nitrogens is 1. The van der Waals surface area contributed by atoms with E-state index >= 15 is 0 Å². The lowest BCUT2D eigenvalue weighted by Crippen LogP contribution is -2.27. The molecule has 2 aliphatic rings. The van der Waals surface area contributed by atoms with Crippen LogP contribution in [-0.2, 0) is 25.7 Å². The summed E-state index contributed by atoms with van der Waals surface area (Å²) in [7, 11) is 0. The van der Waals surface area contributed by atoms with Gasteiger partial charge < -0.3 is 0 Å². The Morgan fingerprint density at radius 2 is 1.37 bits per heavy atom. The first kappa shape index (κ1) is 28.0. The van der Waals surface area contributed by atoms with Crippen molar-refractivity contribution in [2.75, 3.05) is 0 Å². The van der Waals surface area contributed by atoms with Gasteiger partial charge in [-0.3, -0.25) is 5.10 Å². The second-order valence-corrected chi connectivity index (χ2v) is 15.8. The summed E-state index contributed by atoms with van der Waals surface area (Å²) < 4.78 is 0. The molecule has 5 heterocycles. The number of nitriles is 1. The summed E-state index contributed by atoms with van der Waals surface area (Å²) >= 11 is 3.19. The summed E-state index contributed by atoms with van der Waals surface area (Å²) in [6.07, 6.45) is 8.47. The first-order chi connectivity index (χ1) is 19.5. The van der Waals surface area contributed by atoms with Gasteiger partial charge in [-0.2, -0.15) is 10.4 Å². The number of thiophene rings is 2. The van der Waals surface area contributed by atoms with Gasteiger partial charge in [0.2, 0.25) is 0 Å². The molecule has 0 amide bonds. The van der Waals surface area contributed by atoms with E-state index in [9.17, 15) is 0 Å². The predicted octanol–water partition coefficient (Wildman–Crippen LogP) is 8.55. The van der Waals surface area contributed by atoms with Gasteiger partial charge in [0.05, 0.1) is 4.88 Å². The first-order valence-corrected chi connectivity index (χ1v) is 16.2. The largest absolute Gasteiger partial charge is 0.259 e. The Morgan fingerprint density at radius 1 is 0.805 bits per heavy atom. The highest BCUT2D eigenvalue weighted by Gasteiger charge is 2.30. The number of aromatic nitrogens is 5. The van der Waals surface area contributed by atoms with Gasteiger partial charge in [0.15, 0.2) is 5.82 Å². The molecule has 0 saturated carbocycles. The van der Waals surface area contributed by atoms with Crippen molar-refractivity contribution in [3.05, 3.63) is 58.0 Å². The lowest BCUT2D eigenvalue weighted by Gasteiger charge is -2.34. The maximum Gasteiger partial charge on any atom is 0.165 e. The van der Waals surface area contributed by atoms with Crippen molar-refractivity contribution in [1.82, 2.24) is 25.1 Å². The second kappa shape index (κ2) is 10.6. The Hall–Kier alpha value is -3.15. The summed E-state index contributed by atoms with van der Waals surface area (Å²) in [5.74, 6) is 2.30. The molecular weight excluding hydrogens is 545 g/mol. The number of hydrogen-bond acceptors (Lipinski definition) is 7. The van der Waals surface area contributed by atoms with Gasteiger partial charge in [-0.1, -0.05) is 41.5 Å².